The van der Waals surface area contributed by atoms with E-state index in [9.17, 15) is 17.3 Å². The molecular weight excluding hydrogens is 283 g/mol. The second-order valence-electron chi connectivity index (χ2n) is 4.68. The quantitative estimate of drug-likeness (QED) is 0.598. The van der Waals surface area contributed by atoms with E-state index in [-0.39, 0.29) is 24.3 Å². The molecule has 0 amide bonds. The van der Waals surface area contributed by atoms with Crippen molar-refractivity contribution in [1.29, 1.82) is 0 Å². The minimum Gasteiger partial charge on any atom is -0.486 e. The average molecular weight is 297 g/mol. The molecule has 0 aromatic heterocycles. The number of ether oxygens (including phenoxy) is 1. The van der Waals surface area contributed by atoms with Crippen molar-refractivity contribution in [3.63, 3.8) is 0 Å². The smallest absolute Gasteiger partial charge is 0.486 e. The molecule has 0 saturated heterocycles. The zero-order chi connectivity index (χ0) is 15.5. The van der Waals surface area contributed by atoms with Gasteiger partial charge in [-0.05, 0) is 24.1 Å². The molecule has 112 valence electrons. The first-order valence-electron chi connectivity index (χ1n) is 6.60. The fourth-order valence-corrected chi connectivity index (χ4v) is 2.07. The summed E-state index contributed by atoms with van der Waals surface area (Å²) in [6.07, 6.45) is 0.165. The van der Waals surface area contributed by atoms with Gasteiger partial charge >= 0.3 is 6.98 Å². The largest absolute Gasteiger partial charge is 0.510 e. The summed E-state index contributed by atoms with van der Waals surface area (Å²) in [6, 6.07) is 10.7. The highest BCUT2D eigenvalue weighted by atomic mass is 19.4. The van der Waals surface area contributed by atoms with Gasteiger partial charge in [0, 0.05) is 0 Å². The number of benzene rings is 2. The van der Waals surface area contributed by atoms with Crippen LogP contribution in [0.1, 0.15) is 18.1 Å². The van der Waals surface area contributed by atoms with Gasteiger partial charge in [-0.3, -0.25) is 0 Å². The SMILES string of the molecule is CCc1cc(OCc2ccccc2)c(F)cc1[B-](F)(F)F. The molecule has 0 radical (unpaired) electrons. The summed E-state index contributed by atoms with van der Waals surface area (Å²) in [4.78, 5) is 0. The molecule has 0 fully saturated rings. The van der Waals surface area contributed by atoms with Crippen molar-refractivity contribution in [3.05, 3.63) is 59.4 Å². The lowest BCUT2D eigenvalue weighted by molar-refractivity contribution is 0.290. The summed E-state index contributed by atoms with van der Waals surface area (Å²) in [6.45, 7) is -3.52. The van der Waals surface area contributed by atoms with Crippen LogP contribution in [0.4, 0.5) is 17.3 Å². The maximum atomic E-state index is 13.8. The second-order valence-corrected chi connectivity index (χ2v) is 4.68. The first-order valence-corrected chi connectivity index (χ1v) is 6.60. The van der Waals surface area contributed by atoms with Gasteiger partial charge in [0.25, 0.3) is 0 Å². The lowest BCUT2D eigenvalue weighted by atomic mass is 9.76. The van der Waals surface area contributed by atoms with E-state index in [0.29, 0.717) is 6.07 Å². The molecule has 6 heteroatoms. The molecule has 0 N–H and O–H groups in total. The standard InChI is InChI=1S/C15H14BF4O/c1-2-12-8-15(14(17)9-13(12)16(18,19)20)21-10-11-6-4-3-5-7-11/h3-9H,2,10H2,1H3/q-1. The third kappa shape index (κ3) is 3.77. The lowest BCUT2D eigenvalue weighted by Crippen LogP contribution is -2.37. The highest BCUT2D eigenvalue weighted by Gasteiger charge is 2.29. The minimum atomic E-state index is -5.23. The van der Waals surface area contributed by atoms with Gasteiger partial charge in [0.15, 0.2) is 11.6 Å². The summed E-state index contributed by atoms with van der Waals surface area (Å²) >= 11 is 0. The first-order chi connectivity index (χ1) is 9.91. The number of halogens is 4. The zero-order valence-corrected chi connectivity index (χ0v) is 11.5. The molecular formula is C15H14BF4O-. The summed E-state index contributed by atoms with van der Waals surface area (Å²) in [5.74, 6) is -1.14. The monoisotopic (exact) mass is 297 g/mol. The molecule has 0 aliphatic carbocycles. The van der Waals surface area contributed by atoms with E-state index in [1.165, 1.54) is 0 Å². The topological polar surface area (TPSA) is 9.23 Å². The number of aryl methyl sites for hydroxylation is 1. The van der Waals surface area contributed by atoms with Crippen LogP contribution >= 0.6 is 0 Å². The van der Waals surface area contributed by atoms with Gasteiger partial charge in [0.2, 0.25) is 0 Å². The van der Waals surface area contributed by atoms with Gasteiger partial charge in [-0.25, -0.2) is 4.39 Å². The van der Waals surface area contributed by atoms with Gasteiger partial charge in [-0.15, -0.1) is 5.46 Å². The van der Waals surface area contributed by atoms with Crippen molar-refractivity contribution in [2.24, 2.45) is 0 Å². The van der Waals surface area contributed by atoms with E-state index in [1.54, 1.807) is 19.1 Å². The van der Waals surface area contributed by atoms with Crippen LogP contribution in [0.5, 0.6) is 5.75 Å². The molecule has 0 atom stereocenters. The predicted molar refractivity (Wildman–Crippen MR) is 75.3 cm³/mol. The molecule has 0 aliphatic heterocycles. The summed E-state index contributed by atoms with van der Waals surface area (Å²) < 4.78 is 57.6. The van der Waals surface area contributed by atoms with Crippen molar-refractivity contribution in [1.82, 2.24) is 0 Å². The Hall–Kier alpha value is -1.98. The van der Waals surface area contributed by atoms with E-state index in [0.717, 1.165) is 11.6 Å². The van der Waals surface area contributed by atoms with Crippen LogP contribution in [0.25, 0.3) is 0 Å². The van der Waals surface area contributed by atoms with E-state index in [4.69, 9.17) is 4.74 Å². The van der Waals surface area contributed by atoms with E-state index in [1.807, 2.05) is 18.2 Å². The van der Waals surface area contributed by atoms with Gasteiger partial charge in [-0.1, -0.05) is 42.8 Å². The molecule has 2 aromatic carbocycles. The second kappa shape index (κ2) is 6.20. The third-order valence-electron chi connectivity index (χ3n) is 3.16. The highest BCUT2D eigenvalue weighted by Crippen LogP contribution is 2.23. The Morgan fingerprint density at radius 3 is 2.29 bits per heavy atom. The summed E-state index contributed by atoms with van der Waals surface area (Å²) in [5.41, 5.74) is -0.0203. The molecule has 21 heavy (non-hydrogen) atoms. The maximum absolute atomic E-state index is 13.8. The fraction of sp³-hybridized carbons (Fsp3) is 0.200. The summed E-state index contributed by atoms with van der Waals surface area (Å²) in [7, 11) is 0. The molecule has 2 aromatic rings. The molecule has 0 saturated carbocycles. The van der Waals surface area contributed by atoms with Gasteiger partial charge < -0.3 is 17.7 Å². The van der Waals surface area contributed by atoms with E-state index >= 15 is 0 Å². The molecule has 0 heterocycles. The van der Waals surface area contributed by atoms with Crippen LogP contribution < -0.4 is 10.2 Å². The van der Waals surface area contributed by atoms with Crippen molar-refractivity contribution >= 4 is 12.4 Å². The van der Waals surface area contributed by atoms with Crippen molar-refractivity contribution in [2.45, 2.75) is 20.0 Å². The molecule has 0 aliphatic rings. The van der Waals surface area contributed by atoms with Crippen molar-refractivity contribution < 1.29 is 22.1 Å². The molecule has 0 spiro atoms. The van der Waals surface area contributed by atoms with Crippen LogP contribution in [0, 0.1) is 5.82 Å². The fourth-order valence-electron chi connectivity index (χ4n) is 2.07. The van der Waals surface area contributed by atoms with E-state index < -0.39 is 18.3 Å². The minimum absolute atomic E-state index is 0.0481. The number of rotatable bonds is 5. The third-order valence-corrected chi connectivity index (χ3v) is 3.16. The molecule has 1 nitrogen and oxygen atoms in total. The summed E-state index contributed by atoms with van der Waals surface area (Å²) in [5, 5.41) is 0. The number of hydrogen-bond donors (Lipinski definition) is 0. The Morgan fingerprint density at radius 2 is 1.71 bits per heavy atom. The Morgan fingerprint density at radius 1 is 1.05 bits per heavy atom. The van der Waals surface area contributed by atoms with Crippen molar-refractivity contribution in [2.75, 3.05) is 0 Å². The highest BCUT2D eigenvalue weighted by molar-refractivity contribution is 6.74. The maximum Gasteiger partial charge on any atom is 0.510 e. The van der Waals surface area contributed by atoms with Gasteiger partial charge in [0.1, 0.15) is 6.61 Å². The first kappa shape index (κ1) is 15.4. The predicted octanol–water partition coefficient (Wildman–Crippen LogP) is 4.02. The average Bonchev–Trinajstić information content (AvgIpc) is 2.46. The lowest BCUT2D eigenvalue weighted by Gasteiger charge is -2.20. The molecule has 2 rings (SSSR count). The van der Waals surface area contributed by atoms with Crippen LogP contribution in [0.15, 0.2) is 42.5 Å². The van der Waals surface area contributed by atoms with Crippen LogP contribution in [-0.4, -0.2) is 6.98 Å². The Labute approximate surface area is 120 Å². The van der Waals surface area contributed by atoms with Crippen LogP contribution in [0.3, 0.4) is 0 Å². The van der Waals surface area contributed by atoms with Crippen LogP contribution in [-0.2, 0) is 13.0 Å². The van der Waals surface area contributed by atoms with Crippen molar-refractivity contribution in [3.8, 4) is 5.75 Å². The Bertz CT molecular complexity index is 611. The van der Waals surface area contributed by atoms with E-state index in [2.05, 4.69) is 0 Å². The number of hydrogen-bond acceptors (Lipinski definition) is 1. The van der Waals surface area contributed by atoms with Crippen LogP contribution in [0.2, 0.25) is 0 Å². The normalized spacial score (nSPS) is 11.5. The Kier molecular flexibility index (Phi) is 4.55. The van der Waals surface area contributed by atoms with Gasteiger partial charge in [0.05, 0.1) is 0 Å². The molecule has 0 unspecified atom stereocenters. The zero-order valence-electron chi connectivity index (χ0n) is 11.5. The van der Waals surface area contributed by atoms with Gasteiger partial charge in [-0.2, -0.15) is 0 Å². The Balaban J connectivity index is 2.25. The molecule has 0 bridgehead atoms.